The van der Waals surface area contributed by atoms with Gasteiger partial charge < -0.3 is 4.42 Å². The van der Waals surface area contributed by atoms with E-state index in [4.69, 9.17) is 16.0 Å². The molecule has 2 heteroatoms. The van der Waals surface area contributed by atoms with Gasteiger partial charge >= 0.3 is 0 Å². The van der Waals surface area contributed by atoms with Crippen LogP contribution in [-0.4, -0.2) is 0 Å². The summed E-state index contributed by atoms with van der Waals surface area (Å²) in [6.45, 7) is 1.93. The molecule has 0 aliphatic heterocycles. The van der Waals surface area contributed by atoms with Gasteiger partial charge in [-0.2, -0.15) is 0 Å². The second kappa shape index (κ2) is 2.28. The number of rotatable bonds is 0. The molecule has 0 amide bonds. The van der Waals surface area contributed by atoms with E-state index >= 15 is 0 Å². The average Bonchev–Trinajstić information content (AvgIpc) is 2.33. The van der Waals surface area contributed by atoms with Crippen LogP contribution in [0, 0.1) is 6.92 Å². The highest BCUT2D eigenvalue weighted by Crippen LogP contribution is 2.23. The Labute approximate surface area is 69.6 Å². The Hall–Kier alpha value is -0.950. The van der Waals surface area contributed by atoms with Crippen molar-refractivity contribution in [3.05, 3.63) is 35.2 Å². The quantitative estimate of drug-likeness (QED) is 0.585. The number of benzene rings is 1. The van der Waals surface area contributed by atoms with Gasteiger partial charge in [-0.05, 0) is 25.1 Å². The zero-order valence-corrected chi connectivity index (χ0v) is 6.85. The number of hydrogen-bond acceptors (Lipinski definition) is 1. The molecule has 2 rings (SSSR count). The molecule has 0 saturated heterocycles. The topological polar surface area (TPSA) is 13.1 Å². The number of hydrogen-bond donors (Lipinski definition) is 0. The van der Waals surface area contributed by atoms with Crippen molar-refractivity contribution in [3.8, 4) is 0 Å². The fourth-order valence-corrected chi connectivity index (χ4v) is 1.32. The maximum atomic E-state index is 5.81. The molecule has 0 bridgehead atoms. The molecule has 2 aromatic rings. The van der Waals surface area contributed by atoms with Gasteiger partial charge in [0.1, 0.15) is 5.76 Å². The summed E-state index contributed by atoms with van der Waals surface area (Å²) in [5.74, 6) is 0.919. The lowest BCUT2D eigenvalue weighted by Gasteiger charge is -1.89. The second-order valence-corrected chi connectivity index (χ2v) is 2.96. The minimum atomic E-state index is 0.752. The fourth-order valence-electron chi connectivity index (χ4n) is 1.15. The number of fused-ring (bicyclic) bond motifs is 1. The molecule has 0 radical (unpaired) electrons. The van der Waals surface area contributed by atoms with Crippen LogP contribution < -0.4 is 0 Å². The molecule has 0 unspecified atom stereocenters. The summed E-state index contributed by atoms with van der Waals surface area (Å²) in [6.07, 6.45) is 1.74. The standard InChI is InChI=1S/C9H7ClO/c1-6-9-4-8(10)3-2-7(9)5-11-6/h2-5H,1H3. The monoisotopic (exact) mass is 166 g/mol. The van der Waals surface area contributed by atoms with Crippen LogP contribution in [0.3, 0.4) is 0 Å². The van der Waals surface area contributed by atoms with Crippen LogP contribution in [0.15, 0.2) is 28.9 Å². The predicted molar refractivity (Wildman–Crippen MR) is 46.0 cm³/mol. The van der Waals surface area contributed by atoms with E-state index in [1.165, 1.54) is 0 Å². The Balaban J connectivity index is 2.87. The minimum Gasteiger partial charge on any atom is -0.468 e. The first-order valence-corrected chi connectivity index (χ1v) is 3.78. The van der Waals surface area contributed by atoms with Crippen LogP contribution in [0.4, 0.5) is 0 Å². The Bertz CT molecular complexity index is 389. The van der Waals surface area contributed by atoms with Crippen LogP contribution in [0.1, 0.15) is 5.76 Å². The van der Waals surface area contributed by atoms with Crippen molar-refractivity contribution in [2.75, 3.05) is 0 Å². The first-order valence-electron chi connectivity index (χ1n) is 3.41. The van der Waals surface area contributed by atoms with E-state index in [1.54, 1.807) is 6.26 Å². The SMILES string of the molecule is Cc1occ2ccc(Cl)cc12. The predicted octanol–water partition coefficient (Wildman–Crippen LogP) is 3.39. The van der Waals surface area contributed by atoms with E-state index in [2.05, 4.69) is 0 Å². The molecule has 0 aliphatic carbocycles. The van der Waals surface area contributed by atoms with Crippen molar-refractivity contribution in [3.63, 3.8) is 0 Å². The molecule has 0 saturated carbocycles. The summed E-state index contributed by atoms with van der Waals surface area (Å²) >= 11 is 5.81. The van der Waals surface area contributed by atoms with Crippen LogP contribution in [0.5, 0.6) is 0 Å². The van der Waals surface area contributed by atoms with Gasteiger partial charge in [-0.1, -0.05) is 11.6 Å². The molecule has 1 aromatic heterocycles. The Morgan fingerprint density at radius 3 is 3.00 bits per heavy atom. The zero-order chi connectivity index (χ0) is 7.84. The molecule has 1 nitrogen and oxygen atoms in total. The average molecular weight is 167 g/mol. The Morgan fingerprint density at radius 2 is 2.18 bits per heavy atom. The zero-order valence-electron chi connectivity index (χ0n) is 6.10. The fraction of sp³-hybridized carbons (Fsp3) is 0.111. The van der Waals surface area contributed by atoms with E-state index in [9.17, 15) is 0 Å². The maximum Gasteiger partial charge on any atom is 0.108 e. The summed E-state index contributed by atoms with van der Waals surface area (Å²) in [5.41, 5.74) is 0. The lowest BCUT2D eigenvalue weighted by atomic mass is 10.2. The maximum absolute atomic E-state index is 5.81. The highest BCUT2D eigenvalue weighted by Gasteiger charge is 2.00. The number of furan rings is 1. The van der Waals surface area contributed by atoms with Crippen LogP contribution in [-0.2, 0) is 0 Å². The molecular formula is C9H7ClO. The third kappa shape index (κ3) is 1.02. The van der Waals surface area contributed by atoms with Crippen molar-refractivity contribution in [2.24, 2.45) is 0 Å². The van der Waals surface area contributed by atoms with Gasteiger partial charge in [0.25, 0.3) is 0 Å². The van der Waals surface area contributed by atoms with Crippen molar-refractivity contribution >= 4 is 22.4 Å². The molecule has 1 heterocycles. The van der Waals surface area contributed by atoms with Crippen LogP contribution in [0.25, 0.3) is 10.8 Å². The van der Waals surface area contributed by atoms with Crippen LogP contribution >= 0.6 is 11.6 Å². The van der Waals surface area contributed by atoms with Gasteiger partial charge in [-0.25, -0.2) is 0 Å². The number of halogens is 1. The van der Waals surface area contributed by atoms with Crippen molar-refractivity contribution in [1.82, 2.24) is 0 Å². The van der Waals surface area contributed by atoms with Crippen molar-refractivity contribution in [2.45, 2.75) is 6.92 Å². The van der Waals surface area contributed by atoms with E-state index in [0.717, 1.165) is 21.6 Å². The normalized spacial score (nSPS) is 10.7. The summed E-state index contributed by atoms with van der Waals surface area (Å²) in [5, 5.41) is 2.95. The molecule has 56 valence electrons. The van der Waals surface area contributed by atoms with E-state index in [0.29, 0.717) is 0 Å². The summed E-state index contributed by atoms with van der Waals surface area (Å²) in [7, 11) is 0. The smallest absolute Gasteiger partial charge is 0.108 e. The first kappa shape index (κ1) is 6.74. The molecule has 1 aromatic carbocycles. The lowest BCUT2D eigenvalue weighted by molar-refractivity contribution is 0.540. The molecular weight excluding hydrogens is 160 g/mol. The van der Waals surface area contributed by atoms with E-state index in [-0.39, 0.29) is 0 Å². The summed E-state index contributed by atoms with van der Waals surface area (Å²) in [6, 6.07) is 5.72. The van der Waals surface area contributed by atoms with Gasteiger partial charge in [-0.15, -0.1) is 0 Å². The molecule has 0 spiro atoms. The lowest BCUT2D eigenvalue weighted by Crippen LogP contribution is -1.67. The first-order chi connectivity index (χ1) is 5.27. The van der Waals surface area contributed by atoms with Crippen molar-refractivity contribution < 1.29 is 4.42 Å². The largest absolute Gasteiger partial charge is 0.468 e. The molecule has 0 atom stereocenters. The van der Waals surface area contributed by atoms with Gasteiger partial charge in [0.2, 0.25) is 0 Å². The third-order valence-corrected chi connectivity index (χ3v) is 1.99. The summed E-state index contributed by atoms with van der Waals surface area (Å²) in [4.78, 5) is 0. The minimum absolute atomic E-state index is 0.752. The molecule has 0 aliphatic rings. The molecule has 0 N–H and O–H groups in total. The second-order valence-electron chi connectivity index (χ2n) is 2.52. The Kier molecular flexibility index (Phi) is 1.40. The summed E-state index contributed by atoms with van der Waals surface area (Å²) < 4.78 is 5.21. The highest BCUT2D eigenvalue weighted by atomic mass is 35.5. The van der Waals surface area contributed by atoms with Gasteiger partial charge in [0.15, 0.2) is 0 Å². The third-order valence-electron chi connectivity index (χ3n) is 1.76. The number of aryl methyl sites for hydroxylation is 1. The van der Waals surface area contributed by atoms with Gasteiger partial charge in [0.05, 0.1) is 6.26 Å². The Morgan fingerprint density at radius 1 is 1.36 bits per heavy atom. The molecule has 11 heavy (non-hydrogen) atoms. The molecule has 0 fully saturated rings. The van der Waals surface area contributed by atoms with Gasteiger partial charge in [0, 0.05) is 15.8 Å². The van der Waals surface area contributed by atoms with E-state index in [1.807, 2.05) is 25.1 Å². The van der Waals surface area contributed by atoms with Gasteiger partial charge in [-0.3, -0.25) is 0 Å². The van der Waals surface area contributed by atoms with Crippen molar-refractivity contribution in [1.29, 1.82) is 0 Å². The van der Waals surface area contributed by atoms with E-state index < -0.39 is 0 Å². The van der Waals surface area contributed by atoms with Crippen LogP contribution in [0.2, 0.25) is 5.02 Å². The highest BCUT2D eigenvalue weighted by molar-refractivity contribution is 6.31.